The number of allylic oxidation sites excluding steroid dienone is 1. The van der Waals surface area contributed by atoms with Crippen molar-refractivity contribution >= 4 is 11.9 Å². The van der Waals surface area contributed by atoms with Gasteiger partial charge >= 0.3 is 6.09 Å². The first kappa shape index (κ1) is 33.6. The Hall–Kier alpha value is -2.34. The Balaban J connectivity index is 1.31. The van der Waals surface area contributed by atoms with Gasteiger partial charge in [0.05, 0.1) is 18.8 Å². The summed E-state index contributed by atoms with van der Waals surface area (Å²) in [6.45, 7) is 16.8. The molecule has 1 amide bonds. The van der Waals surface area contributed by atoms with Crippen LogP contribution in [0.3, 0.4) is 0 Å². The van der Waals surface area contributed by atoms with Gasteiger partial charge < -0.3 is 19.9 Å². The molecule has 0 spiro atoms. The van der Waals surface area contributed by atoms with Crippen LogP contribution in [0.5, 0.6) is 5.75 Å². The van der Waals surface area contributed by atoms with E-state index in [1.807, 2.05) is 24.3 Å². The molecule has 6 rings (SSSR count). The highest BCUT2D eigenvalue weighted by atomic mass is 16.5. The van der Waals surface area contributed by atoms with Crippen LogP contribution >= 0.6 is 0 Å². The summed E-state index contributed by atoms with van der Waals surface area (Å²) in [4.78, 5) is 27.4. The highest BCUT2D eigenvalue weighted by Crippen LogP contribution is 2.76. The third-order valence-corrected chi connectivity index (χ3v) is 14.9. The summed E-state index contributed by atoms with van der Waals surface area (Å²) >= 11 is 0. The number of alkyl carbamates (subject to hydrolysis) is 1. The average molecular weight is 634 g/mol. The monoisotopic (exact) mass is 633 g/mol. The largest absolute Gasteiger partial charge is 0.497 e. The van der Waals surface area contributed by atoms with Crippen molar-refractivity contribution in [2.45, 2.75) is 137 Å². The van der Waals surface area contributed by atoms with E-state index in [-0.39, 0.29) is 52.0 Å². The summed E-state index contributed by atoms with van der Waals surface area (Å²) in [5, 5.41) is 14.7. The standard InChI is InChI=1S/C40H59NO5/c1-9-18-37(5)30-16-20-39(7)31(36(30,4)19-17-32(37)43)15-14-28-34-33(25(2)3)29(42)23-40(34,22-21-38(28,39)6)41-35(44)46-24-26-10-12-27(45-8)13-11-26/h10-13,25,28,30-32,43H,9,14-24H2,1-8H3,(H,41,44)/t28-,30?,31?,32+,36+,37+,38-,39-,40-/m1/s1. The molecule has 4 saturated carbocycles. The number of ketones is 1. The molecule has 6 nitrogen and oxygen atoms in total. The molecule has 0 aliphatic heterocycles. The second kappa shape index (κ2) is 11.7. The molecule has 6 heteroatoms. The van der Waals surface area contributed by atoms with Gasteiger partial charge in [-0.05, 0) is 132 Å². The minimum absolute atomic E-state index is 0.0239. The fraction of sp³-hybridized carbons (Fsp3) is 0.750. The lowest BCUT2D eigenvalue weighted by molar-refractivity contribution is -0.231. The molecule has 5 aliphatic carbocycles. The molecule has 0 heterocycles. The third-order valence-electron chi connectivity index (χ3n) is 14.9. The Kier molecular flexibility index (Phi) is 8.51. The molecular weight excluding hydrogens is 574 g/mol. The molecule has 0 bridgehead atoms. The summed E-state index contributed by atoms with van der Waals surface area (Å²) in [6.07, 6.45) is 10.2. The van der Waals surface area contributed by atoms with Crippen molar-refractivity contribution in [1.82, 2.24) is 5.32 Å². The Bertz CT molecular complexity index is 1380. The number of Topliss-reactive ketones (excluding diaryl/α,β-unsaturated/α-hetero) is 1. The number of benzene rings is 1. The van der Waals surface area contributed by atoms with Crippen molar-refractivity contribution in [3.63, 3.8) is 0 Å². The van der Waals surface area contributed by atoms with Gasteiger partial charge in [-0.1, -0.05) is 67.0 Å². The lowest BCUT2D eigenvalue weighted by Gasteiger charge is -2.72. The van der Waals surface area contributed by atoms with Gasteiger partial charge in [0.1, 0.15) is 12.4 Å². The number of carbonyl (C=O) groups is 2. The first-order chi connectivity index (χ1) is 21.7. The second-order valence-corrected chi connectivity index (χ2v) is 17.1. The molecule has 254 valence electrons. The van der Waals surface area contributed by atoms with Crippen LogP contribution in [0.25, 0.3) is 0 Å². The third kappa shape index (κ3) is 4.81. The highest BCUT2D eigenvalue weighted by Gasteiger charge is 2.70. The van der Waals surface area contributed by atoms with Crippen LogP contribution in [-0.4, -0.2) is 35.7 Å². The van der Waals surface area contributed by atoms with Crippen LogP contribution in [0.4, 0.5) is 4.79 Å². The van der Waals surface area contributed by atoms with E-state index in [0.717, 1.165) is 74.7 Å². The van der Waals surface area contributed by atoms with E-state index in [1.54, 1.807) is 7.11 Å². The number of aliphatic hydroxyl groups is 1. The molecule has 0 saturated heterocycles. The fourth-order valence-corrected chi connectivity index (χ4v) is 12.5. The number of methoxy groups -OCH3 is 1. The molecule has 4 fully saturated rings. The van der Waals surface area contributed by atoms with E-state index in [4.69, 9.17) is 9.47 Å². The van der Waals surface area contributed by atoms with Crippen LogP contribution in [0, 0.1) is 45.3 Å². The van der Waals surface area contributed by atoms with Crippen molar-refractivity contribution in [3.8, 4) is 5.75 Å². The molecule has 46 heavy (non-hydrogen) atoms. The van der Waals surface area contributed by atoms with Crippen LogP contribution < -0.4 is 10.1 Å². The molecule has 5 aliphatic rings. The van der Waals surface area contributed by atoms with Crippen molar-refractivity contribution in [1.29, 1.82) is 0 Å². The number of fused-ring (bicyclic) bond motifs is 7. The molecule has 9 atom stereocenters. The van der Waals surface area contributed by atoms with Crippen LogP contribution in [0.15, 0.2) is 35.4 Å². The molecule has 0 radical (unpaired) electrons. The second-order valence-electron chi connectivity index (χ2n) is 17.1. The van der Waals surface area contributed by atoms with Crippen molar-refractivity contribution < 1.29 is 24.2 Å². The Labute approximate surface area is 277 Å². The Morgan fingerprint density at radius 3 is 2.33 bits per heavy atom. The molecular formula is C40H59NO5. The first-order valence-electron chi connectivity index (χ1n) is 18.2. The predicted octanol–water partition coefficient (Wildman–Crippen LogP) is 8.80. The molecule has 1 aromatic rings. The SMILES string of the molecule is CCC[C@@]1(C)C2CC[C@]3(C)C(CC[C@@H]4C5=C(C(C)C)C(=O)C[C@]5(NC(=O)OCc5ccc(OC)cc5)CC[C@]43C)[C@@]2(C)CC[C@@H]1O. The Morgan fingerprint density at radius 2 is 1.67 bits per heavy atom. The highest BCUT2D eigenvalue weighted by molar-refractivity contribution is 6.02. The van der Waals surface area contributed by atoms with Gasteiger partial charge in [0.25, 0.3) is 0 Å². The van der Waals surface area contributed by atoms with Crippen LogP contribution in [0.1, 0.15) is 125 Å². The summed E-state index contributed by atoms with van der Waals surface area (Å²) < 4.78 is 11.0. The lowest BCUT2D eigenvalue weighted by Crippen LogP contribution is -2.67. The van der Waals surface area contributed by atoms with E-state index >= 15 is 0 Å². The number of nitrogens with one attached hydrogen (secondary N) is 1. The number of amides is 1. The Morgan fingerprint density at radius 1 is 0.957 bits per heavy atom. The van der Waals surface area contributed by atoms with Gasteiger partial charge in [-0.3, -0.25) is 4.79 Å². The quantitative estimate of drug-likeness (QED) is 0.314. The topological polar surface area (TPSA) is 84.9 Å². The zero-order valence-corrected chi connectivity index (χ0v) is 29.8. The van der Waals surface area contributed by atoms with Gasteiger partial charge in [-0.2, -0.15) is 0 Å². The van der Waals surface area contributed by atoms with E-state index in [1.165, 1.54) is 12.0 Å². The zero-order chi connectivity index (χ0) is 33.3. The zero-order valence-electron chi connectivity index (χ0n) is 29.8. The summed E-state index contributed by atoms with van der Waals surface area (Å²) in [5.74, 6) is 2.44. The summed E-state index contributed by atoms with van der Waals surface area (Å²) in [6, 6.07) is 7.55. The number of hydrogen-bond acceptors (Lipinski definition) is 5. The smallest absolute Gasteiger partial charge is 0.408 e. The maximum Gasteiger partial charge on any atom is 0.408 e. The summed E-state index contributed by atoms with van der Waals surface area (Å²) in [5.41, 5.74) is 2.74. The number of rotatable bonds is 7. The number of hydrogen-bond donors (Lipinski definition) is 2. The molecule has 2 N–H and O–H groups in total. The van der Waals surface area contributed by atoms with E-state index < -0.39 is 11.6 Å². The molecule has 1 aromatic carbocycles. The number of ether oxygens (including phenoxy) is 2. The fourth-order valence-electron chi connectivity index (χ4n) is 12.5. The average Bonchev–Trinajstić information content (AvgIpc) is 3.30. The first-order valence-corrected chi connectivity index (χ1v) is 18.2. The maximum atomic E-state index is 13.9. The van der Waals surface area contributed by atoms with Crippen LogP contribution in [-0.2, 0) is 16.1 Å². The normalized spacial score (nSPS) is 41.7. The maximum absolute atomic E-state index is 13.9. The van der Waals surface area contributed by atoms with E-state index in [9.17, 15) is 14.7 Å². The number of aliphatic hydroxyl groups excluding tert-OH is 1. The number of carbonyl (C=O) groups excluding carboxylic acids is 2. The van der Waals surface area contributed by atoms with Crippen LogP contribution in [0.2, 0.25) is 0 Å². The van der Waals surface area contributed by atoms with Crippen molar-refractivity contribution in [3.05, 3.63) is 41.0 Å². The van der Waals surface area contributed by atoms with Gasteiger partial charge in [0.15, 0.2) is 5.78 Å². The minimum atomic E-state index is -0.670. The van der Waals surface area contributed by atoms with E-state index in [2.05, 4.69) is 53.8 Å². The minimum Gasteiger partial charge on any atom is -0.497 e. The van der Waals surface area contributed by atoms with Gasteiger partial charge in [-0.25, -0.2) is 4.79 Å². The molecule has 2 unspecified atom stereocenters. The summed E-state index contributed by atoms with van der Waals surface area (Å²) in [7, 11) is 1.63. The van der Waals surface area contributed by atoms with Gasteiger partial charge in [0, 0.05) is 6.42 Å². The molecule has 0 aromatic heterocycles. The predicted molar refractivity (Wildman–Crippen MR) is 181 cm³/mol. The van der Waals surface area contributed by atoms with E-state index in [0.29, 0.717) is 18.3 Å². The van der Waals surface area contributed by atoms with Gasteiger partial charge in [0.2, 0.25) is 0 Å². The van der Waals surface area contributed by atoms with Crippen molar-refractivity contribution in [2.24, 2.45) is 45.3 Å². The van der Waals surface area contributed by atoms with Gasteiger partial charge in [-0.15, -0.1) is 0 Å². The van der Waals surface area contributed by atoms with Crippen molar-refractivity contribution in [2.75, 3.05) is 7.11 Å². The lowest BCUT2D eigenvalue weighted by atomic mass is 9.33.